The van der Waals surface area contributed by atoms with E-state index in [4.69, 9.17) is 21.4 Å². The molecule has 0 aliphatic rings. The van der Waals surface area contributed by atoms with E-state index < -0.39 is 5.97 Å². The second-order valence-electron chi connectivity index (χ2n) is 4.07. The van der Waals surface area contributed by atoms with Crippen LogP contribution in [0.3, 0.4) is 0 Å². The lowest BCUT2D eigenvalue weighted by Gasteiger charge is -2.25. The summed E-state index contributed by atoms with van der Waals surface area (Å²) in [7, 11) is 1.63. The van der Waals surface area contributed by atoms with Crippen LogP contribution in [0.25, 0.3) is 6.08 Å². The highest BCUT2D eigenvalue weighted by molar-refractivity contribution is 6.32. The highest BCUT2D eigenvalue weighted by Gasteiger charge is 2.11. The number of methoxy groups -OCH3 is 1. The number of carboxylic acid groups (broad SMARTS) is 1. The van der Waals surface area contributed by atoms with Crippen LogP contribution < -0.4 is 4.90 Å². The molecule has 4 nitrogen and oxygen atoms in total. The highest BCUT2D eigenvalue weighted by atomic mass is 35.5. The Kier molecular flexibility index (Phi) is 6.84. The Balaban J connectivity index is 3.15. The van der Waals surface area contributed by atoms with Crippen molar-refractivity contribution in [3.8, 4) is 0 Å². The zero-order valence-corrected chi connectivity index (χ0v) is 12.1. The van der Waals surface area contributed by atoms with Crippen molar-refractivity contribution in [1.29, 1.82) is 0 Å². The van der Waals surface area contributed by atoms with E-state index >= 15 is 0 Å². The molecule has 5 heteroatoms. The lowest BCUT2D eigenvalue weighted by Crippen LogP contribution is -2.28. The molecule has 0 saturated carbocycles. The molecule has 0 radical (unpaired) electrons. The van der Waals surface area contributed by atoms with Gasteiger partial charge in [-0.25, -0.2) is 4.79 Å². The number of rotatable bonds is 8. The summed E-state index contributed by atoms with van der Waals surface area (Å²) in [5.74, 6) is -1.01. The minimum Gasteiger partial charge on any atom is -0.478 e. The third-order valence-electron chi connectivity index (χ3n) is 2.68. The van der Waals surface area contributed by atoms with E-state index in [9.17, 15) is 4.79 Å². The van der Waals surface area contributed by atoms with Crippen LogP contribution in [0, 0.1) is 0 Å². The molecule has 0 spiro atoms. The number of hydrogen-bond donors (Lipinski definition) is 1. The molecule has 0 fully saturated rings. The first kappa shape index (κ1) is 16.3. The van der Waals surface area contributed by atoms with Gasteiger partial charge in [0.05, 0.1) is 6.61 Å². The van der Waals surface area contributed by atoms with Gasteiger partial charge in [0, 0.05) is 42.5 Å². The quantitative estimate of drug-likeness (QED) is 0.591. The second-order valence-corrected chi connectivity index (χ2v) is 4.48. The molecule has 0 aromatic heterocycles. The molecule has 1 aromatic carbocycles. The first-order valence-electron chi connectivity index (χ1n) is 6.14. The van der Waals surface area contributed by atoms with Gasteiger partial charge < -0.3 is 14.7 Å². The van der Waals surface area contributed by atoms with Gasteiger partial charge in [-0.15, -0.1) is 6.58 Å². The molecule has 0 aliphatic heterocycles. The molecular formula is C15H18ClNO3. The fraction of sp³-hybridized carbons (Fsp3) is 0.267. The third kappa shape index (κ3) is 4.72. The van der Waals surface area contributed by atoms with Crippen molar-refractivity contribution in [2.24, 2.45) is 0 Å². The van der Waals surface area contributed by atoms with Crippen LogP contribution in [0.15, 0.2) is 36.9 Å². The van der Waals surface area contributed by atoms with Gasteiger partial charge in [0.25, 0.3) is 0 Å². The second kappa shape index (κ2) is 8.40. The maximum Gasteiger partial charge on any atom is 0.328 e. The Hall–Kier alpha value is -1.78. The van der Waals surface area contributed by atoms with Crippen molar-refractivity contribution in [1.82, 2.24) is 0 Å². The number of benzene rings is 1. The first-order chi connectivity index (χ1) is 9.60. The summed E-state index contributed by atoms with van der Waals surface area (Å²) in [6, 6.07) is 5.46. The fourth-order valence-corrected chi connectivity index (χ4v) is 2.02. The van der Waals surface area contributed by atoms with Gasteiger partial charge in [-0.1, -0.05) is 23.7 Å². The summed E-state index contributed by atoms with van der Waals surface area (Å²) >= 11 is 6.16. The molecule has 108 valence electrons. The lowest BCUT2D eigenvalue weighted by molar-refractivity contribution is -0.131. The standard InChI is InChI=1S/C15H18ClNO3/c1-3-9-17(10-11-20-2)14-6-4-5-13(16)12(14)7-8-15(18)19/h3-8H,1,9-11H2,2H3,(H,18,19)/b8-7+. The van der Waals surface area contributed by atoms with Gasteiger partial charge in [0.15, 0.2) is 0 Å². The van der Waals surface area contributed by atoms with Gasteiger partial charge in [-0.3, -0.25) is 0 Å². The van der Waals surface area contributed by atoms with Gasteiger partial charge in [-0.2, -0.15) is 0 Å². The van der Waals surface area contributed by atoms with E-state index in [1.54, 1.807) is 19.3 Å². The van der Waals surface area contributed by atoms with E-state index in [2.05, 4.69) is 6.58 Å². The van der Waals surface area contributed by atoms with Crippen LogP contribution in [0.4, 0.5) is 5.69 Å². The van der Waals surface area contributed by atoms with E-state index in [1.165, 1.54) is 6.08 Å². The number of nitrogens with zero attached hydrogens (tertiary/aromatic N) is 1. The molecule has 0 unspecified atom stereocenters. The lowest BCUT2D eigenvalue weighted by atomic mass is 10.1. The van der Waals surface area contributed by atoms with Crippen molar-refractivity contribution in [3.05, 3.63) is 47.5 Å². The first-order valence-corrected chi connectivity index (χ1v) is 6.52. The Morgan fingerprint density at radius 1 is 1.55 bits per heavy atom. The summed E-state index contributed by atoms with van der Waals surface area (Å²) in [4.78, 5) is 12.7. The van der Waals surface area contributed by atoms with E-state index in [-0.39, 0.29) is 0 Å². The minimum atomic E-state index is -1.01. The molecule has 0 saturated heterocycles. The van der Waals surface area contributed by atoms with Gasteiger partial charge in [0.1, 0.15) is 0 Å². The molecular weight excluding hydrogens is 278 g/mol. The number of anilines is 1. The van der Waals surface area contributed by atoms with Crippen molar-refractivity contribution in [2.75, 3.05) is 31.7 Å². The topological polar surface area (TPSA) is 49.8 Å². The monoisotopic (exact) mass is 295 g/mol. The van der Waals surface area contributed by atoms with Crippen LogP contribution in [-0.4, -0.2) is 37.9 Å². The molecule has 0 atom stereocenters. The zero-order chi connectivity index (χ0) is 15.0. The Labute approximate surface area is 123 Å². The van der Waals surface area contributed by atoms with Crippen LogP contribution in [0.5, 0.6) is 0 Å². The predicted molar refractivity (Wildman–Crippen MR) is 82.4 cm³/mol. The molecule has 0 aliphatic carbocycles. The molecule has 0 heterocycles. The number of hydrogen-bond acceptors (Lipinski definition) is 3. The number of halogens is 1. The van der Waals surface area contributed by atoms with Gasteiger partial charge in [-0.05, 0) is 18.2 Å². The van der Waals surface area contributed by atoms with Crippen LogP contribution >= 0.6 is 11.6 Å². The largest absolute Gasteiger partial charge is 0.478 e. The summed E-state index contributed by atoms with van der Waals surface area (Å²) in [5, 5.41) is 9.27. The number of aliphatic carboxylic acids is 1. The minimum absolute atomic E-state index is 0.506. The maximum absolute atomic E-state index is 10.7. The summed E-state index contributed by atoms with van der Waals surface area (Å²) < 4.78 is 5.09. The van der Waals surface area contributed by atoms with Gasteiger partial charge in [0.2, 0.25) is 0 Å². The molecule has 0 amide bonds. The molecule has 20 heavy (non-hydrogen) atoms. The highest BCUT2D eigenvalue weighted by Crippen LogP contribution is 2.29. The number of carbonyl (C=O) groups is 1. The third-order valence-corrected chi connectivity index (χ3v) is 3.01. The molecule has 0 bridgehead atoms. The van der Waals surface area contributed by atoms with Gasteiger partial charge >= 0.3 is 5.97 Å². The van der Waals surface area contributed by atoms with E-state index in [0.717, 1.165) is 11.8 Å². The zero-order valence-electron chi connectivity index (χ0n) is 11.4. The summed E-state index contributed by atoms with van der Waals surface area (Å²) in [6.45, 7) is 5.58. The van der Waals surface area contributed by atoms with Crippen molar-refractivity contribution in [2.45, 2.75) is 0 Å². The molecule has 1 aromatic rings. The Morgan fingerprint density at radius 2 is 2.30 bits per heavy atom. The van der Waals surface area contributed by atoms with Crippen LogP contribution in [-0.2, 0) is 9.53 Å². The average Bonchev–Trinajstić information content (AvgIpc) is 2.41. The molecule has 1 rings (SSSR count). The van der Waals surface area contributed by atoms with Crippen molar-refractivity contribution >= 4 is 29.3 Å². The smallest absolute Gasteiger partial charge is 0.328 e. The van der Waals surface area contributed by atoms with Crippen molar-refractivity contribution < 1.29 is 14.6 Å². The summed E-state index contributed by atoms with van der Waals surface area (Å²) in [6.07, 6.45) is 4.36. The maximum atomic E-state index is 10.7. The number of carboxylic acids is 1. The molecule has 1 N–H and O–H groups in total. The average molecular weight is 296 g/mol. The number of ether oxygens (including phenoxy) is 1. The Bertz CT molecular complexity index is 500. The van der Waals surface area contributed by atoms with E-state index in [0.29, 0.717) is 30.3 Å². The normalized spacial score (nSPS) is 10.7. The van der Waals surface area contributed by atoms with Crippen LogP contribution in [0.2, 0.25) is 5.02 Å². The SMILES string of the molecule is C=CCN(CCOC)c1cccc(Cl)c1/C=C/C(=O)O. The van der Waals surface area contributed by atoms with E-state index in [1.807, 2.05) is 17.0 Å². The van der Waals surface area contributed by atoms with Crippen molar-refractivity contribution in [3.63, 3.8) is 0 Å². The fourth-order valence-electron chi connectivity index (χ4n) is 1.79. The summed E-state index contributed by atoms with van der Waals surface area (Å²) in [5.41, 5.74) is 1.53. The van der Waals surface area contributed by atoms with Crippen LogP contribution in [0.1, 0.15) is 5.56 Å². The Morgan fingerprint density at radius 3 is 2.90 bits per heavy atom. The predicted octanol–water partition coefficient (Wildman–Crippen LogP) is 3.08.